The van der Waals surface area contributed by atoms with Crippen LogP contribution in [-0.4, -0.2) is 33.1 Å². The number of amides is 2. The molecular formula is C22H24N2O5. The maximum atomic E-state index is 12.8. The summed E-state index contributed by atoms with van der Waals surface area (Å²) in [6, 6.07) is 8.16. The summed E-state index contributed by atoms with van der Waals surface area (Å²) in [7, 11) is 4.62. The van der Waals surface area contributed by atoms with E-state index in [0.717, 1.165) is 16.7 Å². The molecule has 0 fully saturated rings. The van der Waals surface area contributed by atoms with Gasteiger partial charge in [0.2, 0.25) is 5.91 Å². The van der Waals surface area contributed by atoms with E-state index in [0.29, 0.717) is 29.9 Å². The monoisotopic (exact) mass is 396 g/mol. The van der Waals surface area contributed by atoms with Crippen LogP contribution < -0.4 is 25.5 Å². The van der Waals surface area contributed by atoms with Crippen LogP contribution in [0.1, 0.15) is 40.9 Å². The van der Waals surface area contributed by atoms with Gasteiger partial charge in [0.15, 0.2) is 16.9 Å². The highest BCUT2D eigenvalue weighted by molar-refractivity contribution is 5.94. The summed E-state index contributed by atoms with van der Waals surface area (Å²) in [4.78, 5) is 36.7. The van der Waals surface area contributed by atoms with Gasteiger partial charge in [-0.25, -0.2) is 0 Å². The summed E-state index contributed by atoms with van der Waals surface area (Å²) in [5.41, 5.74) is 2.98. The number of nitrogens with one attached hydrogen (secondary N) is 2. The first-order valence-electron chi connectivity index (χ1n) is 9.32. The molecule has 3 rings (SSSR count). The summed E-state index contributed by atoms with van der Waals surface area (Å²) in [5, 5.41) is 5.42. The average Bonchev–Trinajstić information content (AvgIpc) is 2.95. The summed E-state index contributed by atoms with van der Waals surface area (Å²) < 4.78 is 10.9. The second-order valence-corrected chi connectivity index (χ2v) is 6.86. The summed E-state index contributed by atoms with van der Waals surface area (Å²) in [5.74, 6) is 0.536. The number of aryl methyl sites for hydroxylation is 1. The number of methoxy groups -OCH3 is 2. The molecule has 1 aliphatic carbocycles. The molecule has 2 amide bonds. The first-order chi connectivity index (χ1) is 13.9. The zero-order chi connectivity index (χ0) is 21.1. The Labute approximate surface area is 169 Å². The van der Waals surface area contributed by atoms with Crippen LogP contribution in [0.5, 0.6) is 11.5 Å². The van der Waals surface area contributed by atoms with Crippen LogP contribution in [0, 0.1) is 0 Å². The van der Waals surface area contributed by atoms with Crippen molar-refractivity contribution in [3.63, 3.8) is 0 Å². The highest BCUT2D eigenvalue weighted by Gasteiger charge is 2.25. The van der Waals surface area contributed by atoms with Gasteiger partial charge in [0.25, 0.3) is 5.91 Å². The van der Waals surface area contributed by atoms with E-state index < -0.39 is 11.3 Å². The van der Waals surface area contributed by atoms with Gasteiger partial charge in [0, 0.05) is 14.0 Å². The van der Waals surface area contributed by atoms with Crippen LogP contribution in [0.2, 0.25) is 0 Å². The lowest BCUT2D eigenvalue weighted by molar-refractivity contribution is -0.119. The Morgan fingerprint density at radius 2 is 1.72 bits per heavy atom. The van der Waals surface area contributed by atoms with Crippen molar-refractivity contribution in [1.29, 1.82) is 0 Å². The minimum Gasteiger partial charge on any atom is -0.493 e. The minimum atomic E-state index is -0.455. The second kappa shape index (κ2) is 8.34. The van der Waals surface area contributed by atoms with E-state index in [-0.39, 0.29) is 17.5 Å². The van der Waals surface area contributed by atoms with Gasteiger partial charge in [0.1, 0.15) is 0 Å². The predicted molar refractivity (Wildman–Crippen MR) is 110 cm³/mol. The van der Waals surface area contributed by atoms with E-state index in [1.807, 2.05) is 12.1 Å². The SMILES string of the molecule is CNC(=O)c1ccc2c(cc1=O)[C@@H](NC(C)=O)CCc1cc(OC)c(OC)cc1-2. The van der Waals surface area contributed by atoms with E-state index in [1.165, 1.54) is 26.1 Å². The molecule has 0 unspecified atom stereocenters. The lowest BCUT2D eigenvalue weighted by Crippen LogP contribution is -2.27. The van der Waals surface area contributed by atoms with Crippen LogP contribution >= 0.6 is 0 Å². The number of carbonyl (C=O) groups is 2. The molecule has 0 spiro atoms. The molecule has 1 atom stereocenters. The normalized spacial score (nSPS) is 14.7. The number of fused-ring (bicyclic) bond motifs is 3. The highest BCUT2D eigenvalue weighted by Crippen LogP contribution is 2.41. The largest absolute Gasteiger partial charge is 0.493 e. The molecule has 2 aromatic rings. The van der Waals surface area contributed by atoms with Crippen molar-refractivity contribution in [2.75, 3.05) is 21.3 Å². The molecule has 0 radical (unpaired) electrons. The number of hydrogen-bond acceptors (Lipinski definition) is 5. The van der Waals surface area contributed by atoms with Crippen molar-refractivity contribution < 1.29 is 19.1 Å². The van der Waals surface area contributed by atoms with Gasteiger partial charge >= 0.3 is 0 Å². The molecule has 0 saturated heterocycles. The average molecular weight is 396 g/mol. The Hall–Kier alpha value is -3.35. The fourth-order valence-electron chi connectivity index (χ4n) is 3.73. The Bertz CT molecular complexity index is 1030. The number of carbonyl (C=O) groups excluding carboxylic acids is 2. The van der Waals surface area contributed by atoms with Gasteiger partial charge in [-0.1, -0.05) is 6.07 Å². The fraction of sp³-hybridized carbons (Fsp3) is 0.318. The third-order valence-electron chi connectivity index (χ3n) is 5.11. The highest BCUT2D eigenvalue weighted by atomic mass is 16.5. The Kier molecular flexibility index (Phi) is 5.87. The van der Waals surface area contributed by atoms with Crippen molar-refractivity contribution in [3.8, 4) is 22.6 Å². The molecule has 0 heterocycles. The zero-order valence-electron chi connectivity index (χ0n) is 16.9. The molecule has 1 aliphatic rings. The molecule has 29 heavy (non-hydrogen) atoms. The van der Waals surface area contributed by atoms with Gasteiger partial charge in [-0.3, -0.25) is 14.4 Å². The first-order valence-corrected chi connectivity index (χ1v) is 9.32. The van der Waals surface area contributed by atoms with Crippen LogP contribution in [-0.2, 0) is 11.2 Å². The molecule has 7 nitrogen and oxygen atoms in total. The van der Waals surface area contributed by atoms with Gasteiger partial charge in [-0.2, -0.15) is 0 Å². The van der Waals surface area contributed by atoms with E-state index in [9.17, 15) is 14.4 Å². The number of hydrogen-bond donors (Lipinski definition) is 2. The third-order valence-corrected chi connectivity index (χ3v) is 5.11. The van der Waals surface area contributed by atoms with E-state index in [4.69, 9.17) is 9.47 Å². The van der Waals surface area contributed by atoms with Crippen molar-refractivity contribution in [2.45, 2.75) is 25.8 Å². The molecule has 0 aromatic heterocycles. The molecule has 0 saturated carbocycles. The van der Waals surface area contributed by atoms with Crippen molar-refractivity contribution in [1.82, 2.24) is 10.6 Å². The third kappa shape index (κ3) is 3.94. The summed E-state index contributed by atoms with van der Waals surface area (Å²) >= 11 is 0. The lowest BCUT2D eigenvalue weighted by atomic mass is 9.97. The first kappa shape index (κ1) is 20.4. The van der Waals surface area contributed by atoms with E-state index >= 15 is 0 Å². The predicted octanol–water partition coefficient (Wildman–Crippen LogP) is 2.21. The molecule has 152 valence electrons. The molecule has 0 bridgehead atoms. The molecule has 7 heteroatoms. The number of rotatable bonds is 4. The van der Waals surface area contributed by atoms with Crippen molar-refractivity contribution in [3.05, 3.63) is 57.2 Å². The molecule has 2 N–H and O–H groups in total. The van der Waals surface area contributed by atoms with Crippen LogP contribution in [0.4, 0.5) is 0 Å². The van der Waals surface area contributed by atoms with Crippen molar-refractivity contribution in [2.24, 2.45) is 0 Å². The standard InChI is InChI=1S/C22H24N2O5/c1-12(25)24-18-8-5-13-9-20(28-3)21(29-4)11-16(13)14-6-7-15(22(27)23-2)19(26)10-17(14)18/h6-7,9-11,18H,5,8H2,1-4H3,(H,23,27)(H,24,25)/t18-/m0/s1. The van der Waals surface area contributed by atoms with E-state index in [1.54, 1.807) is 20.3 Å². The molecular weight excluding hydrogens is 372 g/mol. The summed E-state index contributed by atoms with van der Waals surface area (Å²) in [6.45, 7) is 1.45. The number of benzene rings is 1. The Morgan fingerprint density at radius 3 is 2.34 bits per heavy atom. The van der Waals surface area contributed by atoms with Gasteiger partial charge in [0.05, 0.1) is 25.8 Å². The van der Waals surface area contributed by atoms with Gasteiger partial charge < -0.3 is 20.1 Å². The lowest BCUT2D eigenvalue weighted by Gasteiger charge is -2.17. The quantitative estimate of drug-likeness (QED) is 0.827. The zero-order valence-corrected chi connectivity index (χ0v) is 16.9. The summed E-state index contributed by atoms with van der Waals surface area (Å²) in [6.07, 6.45) is 1.28. The Balaban J connectivity index is 2.33. The van der Waals surface area contributed by atoms with Crippen LogP contribution in [0.15, 0.2) is 35.1 Å². The number of ether oxygens (including phenoxy) is 2. The Morgan fingerprint density at radius 1 is 1.03 bits per heavy atom. The van der Waals surface area contributed by atoms with E-state index in [2.05, 4.69) is 10.6 Å². The molecule has 0 aliphatic heterocycles. The molecule has 2 aromatic carbocycles. The van der Waals surface area contributed by atoms with Crippen LogP contribution in [0.25, 0.3) is 11.1 Å². The fourth-order valence-corrected chi connectivity index (χ4v) is 3.73. The minimum absolute atomic E-state index is 0.0455. The van der Waals surface area contributed by atoms with Crippen molar-refractivity contribution >= 4 is 11.8 Å². The maximum Gasteiger partial charge on any atom is 0.254 e. The topological polar surface area (TPSA) is 93.7 Å². The van der Waals surface area contributed by atoms with Gasteiger partial charge in [-0.15, -0.1) is 0 Å². The maximum absolute atomic E-state index is 12.8. The smallest absolute Gasteiger partial charge is 0.254 e. The van der Waals surface area contributed by atoms with Gasteiger partial charge in [-0.05, 0) is 59.4 Å². The van der Waals surface area contributed by atoms with Crippen LogP contribution in [0.3, 0.4) is 0 Å². The second-order valence-electron chi connectivity index (χ2n) is 6.86.